The van der Waals surface area contributed by atoms with Gasteiger partial charge >= 0.3 is 0 Å². The number of aryl methyl sites for hydroxylation is 2. The number of nitrogens with zero attached hydrogens (tertiary/aromatic N) is 4. The van der Waals surface area contributed by atoms with Crippen LogP contribution in [0.25, 0.3) is 11.4 Å². The van der Waals surface area contributed by atoms with Gasteiger partial charge in [0.1, 0.15) is 28.9 Å². The number of morpholine rings is 1. The van der Waals surface area contributed by atoms with Gasteiger partial charge in [-0.15, -0.1) is 0 Å². The van der Waals surface area contributed by atoms with E-state index in [4.69, 9.17) is 9.15 Å². The summed E-state index contributed by atoms with van der Waals surface area (Å²) in [6.45, 7) is 7.86. The zero-order valence-corrected chi connectivity index (χ0v) is 19.4. The highest BCUT2D eigenvalue weighted by Crippen LogP contribution is 2.40. The number of furan rings is 1. The third-order valence-corrected chi connectivity index (χ3v) is 6.48. The van der Waals surface area contributed by atoms with Crippen molar-refractivity contribution in [3.63, 3.8) is 0 Å². The van der Waals surface area contributed by atoms with E-state index in [1.54, 1.807) is 29.7 Å². The van der Waals surface area contributed by atoms with Crippen molar-refractivity contribution < 1.29 is 23.8 Å². The van der Waals surface area contributed by atoms with Gasteiger partial charge in [0, 0.05) is 32.4 Å². The number of rotatable bonds is 6. The fourth-order valence-corrected chi connectivity index (χ4v) is 4.82. The van der Waals surface area contributed by atoms with Gasteiger partial charge in [-0.2, -0.15) is 0 Å². The molecular weight excluding hydrogens is 436 g/mol. The number of Topliss-reactive ketones (excluding diaryl/α,β-unsaturated/α-hetero) is 1. The summed E-state index contributed by atoms with van der Waals surface area (Å²) < 4.78 is 13.0. The van der Waals surface area contributed by atoms with Gasteiger partial charge in [0.15, 0.2) is 5.76 Å². The molecule has 0 radical (unpaired) electrons. The first-order valence-electron chi connectivity index (χ1n) is 11.5. The standard InChI is InChI=1S/C25H28N4O5/c1-16-7-8-18(34-16)22-20(23(30)21-17(2)26-19-6-3-4-10-28(19)21)24(31)25(32)29(22)11-5-9-27-12-14-33-15-13-27/h3-4,6-8,10,22,30H,5,9,11-15H2,1-2H3/b23-20-/t22-/m0/s1. The van der Waals surface area contributed by atoms with Crippen molar-refractivity contribution >= 4 is 23.1 Å². The molecule has 3 aromatic heterocycles. The number of likely N-dealkylation sites (tertiary alicyclic amines) is 1. The molecule has 2 aliphatic heterocycles. The Balaban J connectivity index is 1.53. The van der Waals surface area contributed by atoms with Gasteiger partial charge < -0.3 is 19.2 Å². The van der Waals surface area contributed by atoms with Crippen molar-refractivity contribution in [3.05, 3.63) is 65.0 Å². The Morgan fingerprint density at radius 3 is 2.65 bits per heavy atom. The lowest BCUT2D eigenvalue weighted by atomic mass is 10.0. The van der Waals surface area contributed by atoms with E-state index in [9.17, 15) is 14.7 Å². The fourth-order valence-electron chi connectivity index (χ4n) is 4.82. The second-order valence-electron chi connectivity index (χ2n) is 8.72. The van der Waals surface area contributed by atoms with Crippen molar-refractivity contribution in [2.45, 2.75) is 26.3 Å². The molecule has 5 rings (SSSR count). The maximum Gasteiger partial charge on any atom is 0.295 e. The number of pyridine rings is 1. The quantitative estimate of drug-likeness (QED) is 0.340. The second kappa shape index (κ2) is 9.08. The van der Waals surface area contributed by atoms with Gasteiger partial charge in [0.05, 0.1) is 24.5 Å². The smallest absolute Gasteiger partial charge is 0.295 e. The molecule has 178 valence electrons. The first-order valence-corrected chi connectivity index (χ1v) is 11.5. The number of carbonyl (C=O) groups excluding carboxylic acids is 2. The predicted molar refractivity (Wildman–Crippen MR) is 124 cm³/mol. The molecule has 2 saturated heterocycles. The van der Waals surface area contributed by atoms with Crippen LogP contribution in [-0.2, 0) is 14.3 Å². The van der Waals surface area contributed by atoms with Gasteiger partial charge in [-0.05, 0) is 44.5 Å². The molecule has 9 heteroatoms. The van der Waals surface area contributed by atoms with Gasteiger partial charge in [0.25, 0.3) is 11.7 Å². The number of amides is 1. The molecule has 34 heavy (non-hydrogen) atoms. The number of aliphatic hydroxyl groups is 1. The van der Waals surface area contributed by atoms with Gasteiger partial charge in [-0.3, -0.25) is 18.9 Å². The monoisotopic (exact) mass is 464 g/mol. The lowest BCUT2D eigenvalue weighted by Gasteiger charge is -2.28. The number of imidazole rings is 1. The Morgan fingerprint density at radius 2 is 1.91 bits per heavy atom. The molecule has 9 nitrogen and oxygen atoms in total. The van der Waals surface area contributed by atoms with Crippen LogP contribution in [0.4, 0.5) is 0 Å². The summed E-state index contributed by atoms with van der Waals surface area (Å²) in [5, 5.41) is 11.4. The number of ether oxygens (including phenoxy) is 1. The summed E-state index contributed by atoms with van der Waals surface area (Å²) in [5.74, 6) is -0.470. The average molecular weight is 465 g/mol. The minimum Gasteiger partial charge on any atom is -0.505 e. The summed E-state index contributed by atoms with van der Waals surface area (Å²) in [6, 6.07) is 8.25. The molecule has 0 aromatic carbocycles. The van der Waals surface area contributed by atoms with Crippen LogP contribution < -0.4 is 0 Å². The maximum atomic E-state index is 13.2. The second-order valence-corrected chi connectivity index (χ2v) is 8.72. The van der Waals surface area contributed by atoms with E-state index in [2.05, 4.69) is 9.88 Å². The van der Waals surface area contributed by atoms with E-state index in [-0.39, 0.29) is 11.3 Å². The van der Waals surface area contributed by atoms with Crippen molar-refractivity contribution in [2.75, 3.05) is 39.4 Å². The average Bonchev–Trinajstić information content (AvgIpc) is 3.48. The summed E-state index contributed by atoms with van der Waals surface area (Å²) in [4.78, 5) is 34.7. The van der Waals surface area contributed by atoms with Crippen LogP contribution in [0.3, 0.4) is 0 Å². The van der Waals surface area contributed by atoms with Crippen molar-refractivity contribution in [1.82, 2.24) is 19.2 Å². The van der Waals surface area contributed by atoms with E-state index in [0.29, 0.717) is 54.7 Å². The van der Waals surface area contributed by atoms with Crippen LogP contribution in [-0.4, -0.2) is 75.4 Å². The Kier molecular flexibility index (Phi) is 5.97. The number of ketones is 1. The third kappa shape index (κ3) is 3.91. The lowest BCUT2D eigenvalue weighted by Crippen LogP contribution is -2.38. The van der Waals surface area contributed by atoms with Crippen LogP contribution in [0.1, 0.15) is 35.4 Å². The van der Waals surface area contributed by atoms with Crippen LogP contribution >= 0.6 is 0 Å². The first-order chi connectivity index (χ1) is 16.5. The Labute approximate surface area is 197 Å². The number of hydrogen-bond donors (Lipinski definition) is 1. The molecular formula is C25H28N4O5. The van der Waals surface area contributed by atoms with E-state index in [0.717, 1.165) is 19.6 Å². The number of fused-ring (bicyclic) bond motifs is 1. The summed E-state index contributed by atoms with van der Waals surface area (Å²) in [7, 11) is 0. The molecule has 0 unspecified atom stereocenters. The predicted octanol–water partition coefficient (Wildman–Crippen LogP) is 2.69. The SMILES string of the molecule is Cc1ccc([C@H]2/C(=C(/O)c3c(C)nc4ccccn34)C(=O)C(=O)N2CCCN2CCOCC2)o1. The van der Waals surface area contributed by atoms with E-state index >= 15 is 0 Å². The first kappa shape index (κ1) is 22.4. The van der Waals surface area contributed by atoms with Crippen LogP contribution in [0.15, 0.2) is 46.5 Å². The van der Waals surface area contributed by atoms with Gasteiger partial charge in [0.2, 0.25) is 0 Å². The molecule has 2 fully saturated rings. The lowest BCUT2D eigenvalue weighted by molar-refractivity contribution is -0.140. The summed E-state index contributed by atoms with van der Waals surface area (Å²) >= 11 is 0. The Bertz CT molecular complexity index is 1270. The normalized spacial score (nSPS) is 21.1. The number of aliphatic hydroxyl groups excluding tert-OH is 1. The van der Waals surface area contributed by atoms with Crippen molar-refractivity contribution in [1.29, 1.82) is 0 Å². The van der Waals surface area contributed by atoms with Gasteiger partial charge in [-0.1, -0.05) is 6.07 Å². The fraction of sp³-hybridized carbons (Fsp3) is 0.400. The zero-order chi connectivity index (χ0) is 23.8. The van der Waals surface area contributed by atoms with E-state index in [1.165, 1.54) is 4.90 Å². The van der Waals surface area contributed by atoms with Crippen LogP contribution in [0.2, 0.25) is 0 Å². The number of carbonyl (C=O) groups is 2. The maximum absolute atomic E-state index is 13.2. The molecule has 0 aliphatic carbocycles. The van der Waals surface area contributed by atoms with E-state index < -0.39 is 17.7 Å². The Morgan fingerprint density at radius 1 is 1.12 bits per heavy atom. The van der Waals surface area contributed by atoms with Gasteiger partial charge in [-0.25, -0.2) is 4.98 Å². The van der Waals surface area contributed by atoms with E-state index in [1.807, 2.05) is 25.1 Å². The number of hydrogen-bond acceptors (Lipinski definition) is 7. The molecule has 2 aliphatic rings. The highest BCUT2D eigenvalue weighted by Gasteiger charge is 2.47. The van der Waals surface area contributed by atoms with Crippen molar-refractivity contribution in [2.24, 2.45) is 0 Å². The van der Waals surface area contributed by atoms with Crippen LogP contribution in [0.5, 0.6) is 0 Å². The summed E-state index contributed by atoms with van der Waals surface area (Å²) in [5.41, 5.74) is 1.64. The molecule has 1 amide bonds. The minimum atomic E-state index is -0.799. The molecule has 0 spiro atoms. The molecule has 5 heterocycles. The number of aromatic nitrogens is 2. The minimum absolute atomic E-state index is 0.0273. The Hall–Kier alpha value is -3.43. The molecule has 0 saturated carbocycles. The van der Waals surface area contributed by atoms with Crippen molar-refractivity contribution in [3.8, 4) is 0 Å². The molecule has 3 aromatic rings. The zero-order valence-electron chi connectivity index (χ0n) is 19.4. The molecule has 0 bridgehead atoms. The highest BCUT2D eigenvalue weighted by molar-refractivity contribution is 6.46. The molecule has 1 N–H and O–H groups in total. The molecule has 1 atom stereocenters. The highest BCUT2D eigenvalue weighted by atomic mass is 16.5. The largest absolute Gasteiger partial charge is 0.505 e. The third-order valence-electron chi connectivity index (χ3n) is 6.48. The van der Waals surface area contributed by atoms with Crippen LogP contribution in [0, 0.1) is 13.8 Å². The summed E-state index contributed by atoms with van der Waals surface area (Å²) in [6.07, 6.45) is 2.47. The topological polar surface area (TPSA) is 101 Å².